The second kappa shape index (κ2) is 6.73. The Kier molecular flexibility index (Phi) is 4.72. The Morgan fingerprint density at radius 1 is 1.26 bits per heavy atom. The van der Waals surface area contributed by atoms with Crippen LogP contribution in [0.3, 0.4) is 0 Å². The van der Waals surface area contributed by atoms with Crippen LogP contribution >= 0.6 is 0 Å². The Hall–Kier alpha value is -2.10. The Labute approximate surface area is 112 Å². The minimum Gasteiger partial charge on any atom is -0.436 e. The molecule has 2 aromatic rings. The maximum absolute atomic E-state index is 11.6. The highest BCUT2D eigenvalue weighted by Gasteiger charge is 2.11. The van der Waals surface area contributed by atoms with Crippen LogP contribution in [-0.2, 0) is 6.42 Å². The van der Waals surface area contributed by atoms with E-state index in [0.717, 1.165) is 6.42 Å². The third kappa shape index (κ3) is 3.95. The van der Waals surface area contributed by atoms with Gasteiger partial charge in [0, 0.05) is 0 Å². The standard InChI is InChI=1S/C15H17NO3/c1-2-3-4-5-12-6-8-13(9-7-12)19-15(17)14-10-16-11-18-14/h6-11H,2-5H2,1H3. The van der Waals surface area contributed by atoms with E-state index in [1.807, 2.05) is 12.1 Å². The molecule has 0 aliphatic rings. The molecule has 0 atom stereocenters. The summed E-state index contributed by atoms with van der Waals surface area (Å²) in [6, 6.07) is 7.57. The number of hydrogen-bond acceptors (Lipinski definition) is 4. The average molecular weight is 259 g/mol. The normalized spacial score (nSPS) is 10.4. The molecule has 19 heavy (non-hydrogen) atoms. The molecule has 1 heterocycles. The summed E-state index contributed by atoms with van der Waals surface area (Å²) in [5, 5.41) is 0. The topological polar surface area (TPSA) is 52.3 Å². The Morgan fingerprint density at radius 3 is 2.68 bits per heavy atom. The van der Waals surface area contributed by atoms with E-state index in [-0.39, 0.29) is 5.76 Å². The Morgan fingerprint density at radius 2 is 2.05 bits per heavy atom. The van der Waals surface area contributed by atoms with Gasteiger partial charge in [0.2, 0.25) is 5.76 Å². The van der Waals surface area contributed by atoms with Crippen LogP contribution in [0.25, 0.3) is 0 Å². The summed E-state index contributed by atoms with van der Waals surface area (Å²) in [4.78, 5) is 15.3. The van der Waals surface area contributed by atoms with E-state index in [2.05, 4.69) is 11.9 Å². The lowest BCUT2D eigenvalue weighted by molar-refractivity contribution is 0.0701. The summed E-state index contributed by atoms with van der Waals surface area (Å²) in [6.07, 6.45) is 7.24. The zero-order valence-corrected chi connectivity index (χ0v) is 11.0. The summed E-state index contributed by atoms with van der Waals surface area (Å²) in [6.45, 7) is 2.19. The largest absolute Gasteiger partial charge is 0.436 e. The van der Waals surface area contributed by atoms with Gasteiger partial charge in [-0.25, -0.2) is 9.78 Å². The number of aryl methyl sites for hydroxylation is 1. The number of esters is 1. The summed E-state index contributed by atoms with van der Waals surface area (Å²) in [5.74, 6) is 0.0869. The maximum atomic E-state index is 11.6. The van der Waals surface area contributed by atoms with Gasteiger partial charge in [0.1, 0.15) is 5.75 Å². The van der Waals surface area contributed by atoms with Crippen molar-refractivity contribution in [2.75, 3.05) is 0 Å². The van der Waals surface area contributed by atoms with E-state index in [1.54, 1.807) is 12.1 Å². The molecule has 1 aromatic carbocycles. The third-order valence-corrected chi connectivity index (χ3v) is 2.84. The van der Waals surface area contributed by atoms with Crippen molar-refractivity contribution in [3.63, 3.8) is 0 Å². The Balaban J connectivity index is 1.90. The zero-order chi connectivity index (χ0) is 13.5. The summed E-state index contributed by atoms with van der Waals surface area (Å²) < 4.78 is 10.0. The minimum absolute atomic E-state index is 0.104. The lowest BCUT2D eigenvalue weighted by Crippen LogP contribution is -2.07. The number of aromatic nitrogens is 1. The van der Waals surface area contributed by atoms with Crippen LogP contribution in [0.1, 0.15) is 42.3 Å². The third-order valence-electron chi connectivity index (χ3n) is 2.84. The van der Waals surface area contributed by atoms with Crippen molar-refractivity contribution in [2.24, 2.45) is 0 Å². The van der Waals surface area contributed by atoms with Crippen LogP contribution in [0.2, 0.25) is 0 Å². The van der Waals surface area contributed by atoms with Crippen LogP contribution in [0.5, 0.6) is 5.75 Å². The first kappa shape index (κ1) is 13.3. The number of benzene rings is 1. The maximum Gasteiger partial charge on any atom is 0.381 e. The van der Waals surface area contributed by atoms with Crippen molar-refractivity contribution < 1.29 is 13.9 Å². The average Bonchev–Trinajstić information content (AvgIpc) is 2.95. The van der Waals surface area contributed by atoms with Crippen LogP contribution in [0.15, 0.2) is 41.3 Å². The van der Waals surface area contributed by atoms with E-state index in [1.165, 1.54) is 37.4 Å². The highest BCUT2D eigenvalue weighted by atomic mass is 16.5. The van der Waals surface area contributed by atoms with Gasteiger partial charge in [-0.15, -0.1) is 0 Å². The molecule has 0 fully saturated rings. The number of unbranched alkanes of at least 4 members (excludes halogenated alkanes) is 2. The van der Waals surface area contributed by atoms with Gasteiger partial charge in [0.05, 0.1) is 6.20 Å². The van der Waals surface area contributed by atoms with Crippen molar-refractivity contribution >= 4 is 5.97 Å². The van der Waals surface area contributed by atoms with E-state index < -0.39 is 5.97 Å². The summed E-state index contributed by atoms with van der Waals surface area (Å²) in [7, 11) is 0. The summed E-state index contributed by atoms with van der Waals surface area (Å²) in [5.41, 5.74) is 1.26. The molecule has 0 radical (unpaired) electrons. The minimum atomic E-state index is -0.531. The fraction of sp³-hybridized carbons (Fsp3) is 0.333. The molecule has 1 aromatic heterocycles. The number of nitrogens with zero attached hydrogens (tertiary/aromatic N) is 1. The molecule has 0 spiro atoms. The van der Waals surface area contributed by atoms with Crippen molar-refractivity contribution in [3.05, 3.63) is 48.2 Å². The molecule has 0 aliphatic carbocycles. The SMILES string of the molecule is CCCCCc1ccc(OC(=O)c2cnco2)cc1. The molecule has 0 unspecified atom stereocenters. The molecule has 0 saturated carbocycles. The fourth-order valence-electron chi connectivity index (χ4n) is 1.78. The molecule has 2 rings (SSSR count). The van der Waals surface area contributed by atoms with Crippen LogP contribution in [0.4, 0.5) is 0 Å². The molecule has 100 valence electrons. The molecule has 0 bridgehead atoms. The van der Waals surface area contributed by atoms with Crippen molar-refractivity contribution in [2.45, 2.75) is 32.6 Å². The number of carbonyl (C=O) groups excluding carboxylic acids is 1. The number of hydrogen-bond donors (Lipinski definition) is 0. The molecule has 0 saturated heterocycles. The van der Waals surface area contributed by atoms with Gasteiger partial charge in [-0.2, -0.15) is 0 Å². The lowest BCUT2D eigenvalue weighted by Gasteiger charge is -2.04. The Bertz CT molecular complexity index is 503. The van der Waals surface area contributed by atoms with Crippen molar-refractivity contribution in [1.82, 2.24) is 4.98 Å². The monoisotopic (exact) mass is 259 g/mol. The van der Waals surface area contributed by atoms with Gasteiger partial charge in [0.15, 0.2) is 6.39 Å². The molecule has 0 amide bonds. The first-order valence-electron chi connectivity index (χ1n) is 6.49. The van der Waals surface area contributed by atoms with Crippen LogP contribution in [0, 0.1) is 0 Å². The highest BCUT2D eigenvalue weighted by Crippen LogP contribution is 2.15. The second-order valence-electron chi connectivity index (χ2n) is 4.36. The van der Waals surface area contributed by atoms with E-state index in [0.29, 0.717) is 5.75 Å². The van der Waals surface area contributed by atoms with Crippen LogP contribution < -0.4 is 4.74 Å². The number of carbonyl (C=O) groups is 1. The lowest BCUT2D eigenvalue weighted by atomic mass is 10.1. The summed E-state index contributed by atoms with van der Waals surface area (Å²) >= 11 is 0. The molecule has 0 N–H and O–H groups in total. The van der Waals surface area contributed by atoms with Gasteiger partial charge < -0.3 is 9.15 Å². The van der Waals surface area contributed by atoms with E-state index >= 15 is 0 Å². The van der Waals surface area contributed by atoms with Gasteiger partial charge in [-0.1, -0.05) is 31.9 Å². The fourth-order valence-corrected chi connectivity index (χ4v) is 1.78. The van der Waals surface area contributed by atoms with E-state index in [9.17, 15) is 4.79 Å². The van der Waals surface area contributed by atoms with Gasteiger partial charge >= 0.3 is 5.97 Å². The quantitative estimate of drug-likeness (QED) is 0.451. The molecule has 4 heteroatoms. The molecular weight excluding hydrogens is 242 g/mol. The molecule has 4 nitrogen and oxygen atoms in total. The van der Waals surface area contributed by atoms with Gasteiger partial charge in [0.25, 0.3) is 0 Å². The van der Waals surface area contributed by atoms with Crippen LogP contribution in [-0.4, -0.2) is 11.0 Å². The van der Waals surface area contributed by atoms with Crippen molar-refractivity contribution in [3.8, 4) is 5.75 Å². The van der Waals surface area contributed by atoms with Gasteiger partial charge in [-0.3, -0.25) is 0 Å². The first-order valence-corrected chi connectivity index (χ1v) is 6.49. The highest BCUT2D eigenvalue weighted by molar-refractivity contribution is 5.87. The number of rotatable bonds is 6. The molecule has 0 aliphatic heterocycles. The predicted molar refractivity (Wildman–Crippen MR) is 71.1 cm³/mol. The van der Waals surface area contributed by atoms with Crippen molar-refractivity contribution in [1.29, 1.82) is 0 Å². The number of ether oxygens (including phenoxy) is 1. The second-order valence-corrected chi connectivity index (χ2v) is 4.36. The first-order chi connectivity index (χ1) is 9.29. The van der Waals surface area contributed by atoms with Gasteiger partial charge in [-0.05, 0) is 30.5 Å². The predicted octanol–water partition coefficient (Wildman–Crippen LogP) is 3.63. The zero-order valence-electron chi connectivity index (χ0n) is 11.0. The molecular formula is C15H17NO3. The smallest absolute Gasteiger partial charge is 0.381 e. The van der Waals surface area contributed by atoms with E-state index in [4.69, 9.17) is 9.15 Å². The number of oxazole rings is 1.